The molecule has 1 atom stereocenters. The van der Waals surface area contributed by atoms with Crippen LogP contribution in [-0.4, -0.2) is 60.6 Å². The van der Waals surface area contributed by atoms with E-state index in [1.165, 1.54) is 10.6 Å². The molecule has 0 bridgehead atoms. The third-order valence-corrected chi connectivity index (χ3v) is 5.41. The Morgan fingerprint density at radius 3 is 2.67 bits per heavy atom. The van der Waals surface area contributed by atoms with Crippen molar-refractivity contribution in [1.29, 1.82) is 0 Å². The molecule has 0 unspecified atom stereocenters. The number of nitrogens with zero attached hydrogens (tertiary/aromatic N) is 3. The summed E-state index contributed by atoms with van der Waals surface area (Å²) in [5, 5.41) is 3.94. The lowest BCUT2D eigenvalue weighted by molar-refractivity contribution is 0.0602. The lowest BCUT2D eigenvalue weighted by Crippen LogP contribution is -2.55. The Balaban J connectivity index is 1.68. The average molecular weight is 313 g/mol. The molecule has 0 spiro atoms. The van der Waals surface area contributed by atoms with Gasteiger partial charge in [0.25, 0.3) is 5.91 Å². The molecule has 2 aliphatic rings. The van der Waals surface area contributed by atoms with E-state index in [0.29, 0.717) is 25.6 Å². The molecule has 1 aromatic heterocycles. The molecule has 0 radical (unpaired) electrons. The van der Waals surface area contributed by atoms with Crippen molar-refractivity contribution in [2.75, 3.05) is 25.9 Å². The molecule has 1 saturated carbocycles. The van der Waals surface area contributed by atoms with Crippen LogP contribution in [0.2, 0.25) is 0 Å². The van der Waals surface area contributed by atoms with Gasteiger partial charge < -0.3 is 9.42 Å². The highest BCUT2D eigenvalue weighted by molar-refractivity contribution is 7.88. The van der Waals surface area contributed by atoms with E-state index in [-0.39, 0.29) is 17.7 Å². The monoisotopic (exact) mass is 313 g/mol. The van der Waals surface area contributed by atoms with Crippen molar-refractivity contribution in [2.45, 2.75) is 31.7 Å². The molecule has 21 heavy (non-hydrogen) atoms. The van der Waals surface area contributed by atoms with Gasteiger partial charge in [0.1, 0.15) is 0 Å². The predicted octanol–water partition coefficient (Wildman–Crippen LogP) is 0.658. The van der Waals surface area contributed by atoms with Crippen LogP contribution in [0.4, 0.5) is 0 Å². The lowest BCUT2D eigenvalue weighted by Gasteiger charge is -2.37. The number of hydrogen-bond acceptors (Lipinski definition) is 5. The van der Waals surface area contributed by atoms with E-state index in [1.54, 1.807) is 17.9 Å². The van der Waals surface area contributed by atoms with Crippen molar-refractivity contribution < 1.29 is 17.7 Å². The molecule has 1 aliphatic carbocycles. The Hall–Kier alpha value is -1.41. The maximum absolute atomic E-state index is 12.4. The van der Waals surface area contributed by atoms with Crippen LogP contribution in [0.25, 0.3) is 0 Å². The van der Waals surface area contributed by atoms with Gasteiger partial charge in [-0.15, -0.1) is 0 Å². The van der Waals surface area contributed by atoms with Crippen LogP contribution in [0.15, 0.2) is 10.6 Å². The third kappa shape index (κ3) is 2.96. The van der Waals surface area contributed by atoms with Gasteiger partial charge in [0.2, 0.25) is 15.8 Å². The fourth-order valence-corrected chi connectivity index (χ4v) is 3.87. The second-order valence-electron chi connectivity index (χ2n) is 5.86. The molecule has 0 N–H and O–H groups in total. The Morgan fingerprint density at radius 2 is 2.10 bits per heavy atom. The van der Waals surface area contributed by atoms with Crippen LogP contribution >= 0.6 is 0 Å². The topological polar surface area (TPSA) is 83.7 Å². The van der Waals surface area contributed by atoms with Gasteiger partial charge in [0, 0.05) is 37.7 Å². The van der Waals surface area contributed by atoms with Crippen LogP contribution in [0.3, 0.4) is 0 Å². The van der Waals surface area contributed by atoms with Crippen molar-refractivity contribution in [2.24, 2.45) is 0 Å². The third-order valence-electron chi connectivity index (χ3n) is 4.01. The second kappa shape index (κ2) is 5.10. The first-order valence-electron chi connectivity index (χ1n) is 7.09. The van der Waals surface area contributed by atoms with Crippen molar-refractivity contribution in [3.05, 3.63) is 17.5 Å². The SMILES string of the molecule is C[C@H]1CN(C(=O)c2cc(C3CC3)no2)CCN1S(C)(=O)=O. The van der Waals surface area contributed by atoms with Crippen molar-refractivity contribution in [3.8, 4) is 0 Å². The summed E-state index contributed by atoms with van der Waals surface area (Å²) >= 11 is 0. The average Bonchev–Trinajstić information content (AvgIpc) is 3.14. The summed E-state index contributed by atoms with van der Waals surface area (Å²) in [6, 6.07) is 1.48. The first kappa shape index (κ1) is 14.5. The van der Waals surface area contributed by atoms with E-state index in [0.717, 1.165) is 18.5 Å². The fraction of sp³-hybridized carbons (Fsp3) is 0.692. The molecule has 8 heteroatoms. The molecular formula is C13H19N3O4S. The molecular weight excluding hydrogens is 294 g/mol. The molecule has 1 amide bonds. The maximum Gasteiger partial charge on any atom is 0.292 e. The molecule has 1 saturated heterocycles. The molecule has 0 aromatic carbocycles. The quantitative estimate of drug-likeness (QED) is 0.818. The Bertz CT molecular complexity index is 650. The van der Waals surface area contributed by atoms with Crippen LogP contribution in [0.1, 0.15) is 41.9 Å². The first-order valence-corrected chi connectivity index (χ1v) is 8.94. The zero-order valence-corrected chi connectivity index (χ0v) is 13.0. The standard InChI is InChI=1S/C13H19N3O4S/c1-9-8-15(5-6-16(9)21(2,18)19)13(17)12-7-11(14-20-12)10-3-4-10/h7,9-10H,3-6,8H2,1-2H3/t9-/m0/s1. The zero-order chi connectivity index (χ0) is 15.2. The second-order valence-corrected chi connectivity index (χ2v) is 7.80. The Kier molecular flexibility index (Phi) is 3.53. The van der Waals surface area contributed by atoms with E-state index < -0.39 is 10.0 Å². The van der Waals surface area contributed by atoms with E-state index >= 15 is 0 Å². The number of carbonyl (C=O) groups excluding carboxylic acids is 1. The molecule has 1 aliphatic heterocycles. The number of carbonyl (C=O) groups is 1. The molecule has 1 aromatic rings. The predicted molar refractivity (Wildman–Crippen MR) is 75.4 cm³/mol. The van der Waals surface area contributed by atoms with Crippen molar-refractivity contribution in [1.82, 2.24) is 14.4 Å². The minimum absolute atomic E-state index is 0.214. The van der Waals surface area contributed by atoms with Crippen LogP contribution in [-0.2, 0) is 10.0 Å². The number of piperazine rings is 1. The van der Waals surface area contributed by atoms with Gasteiger partial charge in [-0.1, -0.05) is 5.16 Å². The molecule has 7 nitrogen and oxygen atoms in total. The van der Waals surface area contributed by atoms with Crippen LogP contribution in [0, 0.1) is 0 Å². The van der Waals surface area contributed by atoms with Crippen LogP contribution < -0.4 is 0 Å². The van der Waals surface area contributed by atoms with E-state index in [1.807, 2.05) is 0 Å². The highest BCUT2D eigenvalue weighted by Gasteiger charge is 2.34. The summed E-state index contributed by atoms with van der Waals surface area (Å²) in [6.45, 7) is 2.85. The minimum atomic E-state index is -3.23. The van der Waals surface area contributed by atoms with Gasteiger partial charge in [0.05, 0.1) is 11.9 Å². The lowest BCUT2D eigenvalue weighted by atomic mass is 10.2. The number of aromatic nitrogens is 1. The zero-order valence-electron chi connectivity index (χ0n) is 12.2. The summed E-state index contributed by atoms with van der Waals surface area (Å²) in [7, 11) is -3.23. The van der Waals surface area contributed by atoms with E-state index in [2.05, 4.69) is 5.16 Å². The number of sulfonamides is 1. The summed E-state index contributed by atoms with van der Waals surface area (Å²) in [5.41, 5.74) is 0.848. The molecule has 2 heterocycles. The summed E-state index contributed by atoms with van der Waals surface area (Å²) in [4.78, 5) is 14.0. The highest BCUT2D eigenvalue weighted by atomic mass is 32.2. The van der Waals surface area contributed by atoms with Crippen molar-refractivity contribution in [3.63, 3.8) is 0 Å². The fourth-order valence-electron chi connectivity index (χ4n) is 2.74. The van der Waals surface area contributed by atoms with Crippen molar-refractivity contribution >= 4 is 15.9 Å². The van der Waals surface area contributed by atoms with Gasteiger partial charge in [-0.3, -0.25) is 4.79 Å². The van der Waals surface area contributed by atoms with E-state index in [9.17, 15) is 13.2 Å². The molecule has 116 valence electrons. The van der Waals surface area contributed by atoms with Gasteiger partial charge in [-0.25, -0.2) is 8.42 Å². The Labute approximate surface area is 123 Å². The highest BCUT2D eigenvalue weighted by Crippen LogP contribution is 2.39. The first-order chi connectivity index (χ1) is 9.86. The molecule has 2 fully saturated rings. The smallest absolute Gasteiger partial charge is 0.292 e. The normalized spacial score (nSPS) is 24.3. The number of amides is 1. The van der Waals surface area contributed by atoms with Crippen LogP contribution in [0.5, 0.6) is 0 Å². The summed E-state index contributed by atoms with van der Waals surface area (Å²) < 4.78 is 29.8. The summed E-state index contributed by atoms with van der Waals surface area (Å²) in [6.07, 6.45) is 3.40. The van der Waals surface area contributed by atoms with Gasteiger partial charge in [-0.2, -0.15) is 4.31 Å². The summed E-state index contributed by atoms with van der Waals surface area (Å²) in [5.74, 6) is 0.475. The molecule has 3 rings (SSSR count). The minimum Gasteiger partial charge on any atom is -0.351 e. The van der Waals surface area contributed by atoms with Gasteiger partial charge >= 0.3 is 0 Å². The number of hydrogen-bond donors (Lipinski definition) is 0. The number of rotatable bonds is 3. The Morgan fingerprint density at radius 1 is 1.38 bits per heavy atom. The largest absolute Gasteiger partial charge is 0.351 e. The van der Waals surface area contributed by atoms with Gasteiger partial charge in [0.15, 0.2) is 0 Å². The maximum atomic E-state index is 12.4. The van der Waals surface area contributed by atoms with Gasteiger partial charge in [-0.05, 0) is 19.8 Å². The van der Waals surface area contributed by atoms with E-state index in [4.69, 9.17) is 4.52 Å².